The summed E-state index contributed by atoms with van der Waals surface area (Å²) in [6.07, 6.45) is 0.526. The van der Waals surface area contributed by atoms with Crippen molar-refractivity contribution in [2.75, 3.05) is 18.5 Å². The molecule has 0 unspecified atom stereocenters. The maximum atomic E-state index is 11.0. The predicted octanol–water partition coefficient (Wildman–Crippen LogP) is 2.87. The van der Waals surface area contributed by atoms with Gasteiger partial charge in [0.05, 0.1) is 5.69 Å². The molecule has 0 radical (unpaired) electrons. The third-order valence-corrected chi connectivity index (χ3v) is 3.26. The molecule has 0 aliphatic rings. The zero-order valence-electron chi connectivity index (χ0n) is 12.1. The summed E-state index contributed by atoms with van der Waals surface area (Å²) < 4.78 is 0. The monoisotopic (exact) mass is 269 g/mol. The lowest BCUT2D eigenvalue weighted by Gasteiger charge is -2.16. The number of hydrogen-bond donors (Lipinski definition) is 0. The molecule has 0 atom stereocenters. The van der Waals surface area contributed by atoms with Gasteiger partial charge in [-0.15, -0.1) is 10.2 Å². The number of Topliss-reactive ketones (excluding diaryl/α,β-unsaturated/α-hetero) is 1. The molecule has 0 aliphatic carbocycles. The molecule has 20 heavy (non-hydrogen) atoms. The zero-order valence-corrected chi connectivity index (χ0v) is 12.1. The van der Waals surface area contributed by atoms with E-state index in [2.05, 4.69) is 23.2 Å². The first kappa shape index (κ1) is 14.2. The Balaban J connectivity index is 2.14. The van der Waals surface area contributed by atoms with Crippen LogP contribution in [0.5, 0.6) is 0 Å². The highest BCUT2D eigenvalue weighted by Gasteiger charge is 2.07. The summed E-state index contributed by atoms with van der Waals surface area (Å²) in [4.78, 5) is 12.9. The summed E-state index contributed by atoms with van der Waals surface area (Å²) >= 11 is 0. The van der Waals surface area contributed by atoms with Gasteiger partial charge < -0.3 is 4.90 Å². The fourth-order valence-electron chi connectivity index (χ4n) is 1.97. The van der Waals surface area contributed by atoms with Gasteiger partial charge in [0.25, 0.3) is 0 Å². The molecule has 4 nitrogen and oxygen atoms in total. The van der Waals surface area contributed by atoms with Crippen molar-refractivity contribution in [2.45, 2.75) is 20.3 Å². The number of carbonyl (C=O) groups is 1. The van der Waals surface area contributed by atoms with Crippen molar-refractivity contribution >= 4 is 11.6 Å². The Kier molecular flexibility index (Phi) is 4.45. The highest BCUT2D eigenvalue weighted by atomic mass is 16.1. The molecular formula is C16H19N3O. The van der Waals surface area contributed by atoms with Crippen LogP contribution in [0.25, 0.3) is 11.3 Å². The molecule has 4 heteroatoms. The molecule has 0 N–H and O–H groups in total. The number of carbonyl (C=O) groups excluding carboxylic acids is 1. The van der Waals surface area contributed by atoms with Gasteiger partial charge in [-0.05, 0) is 31.5 Å². The third-order valence-electron chi connectivity index (χ3n) is 3.26. The highest BCUT2D eigenvalue weighted by Crippen LogP contribution is 2.21. The number of rotatable bonds is 5. The van der Waals surface area contributed by atoms with Gasteiger partial charge in [-0.2, -0.15) is 0 Å². The molecule has 1 heterocycles. The highest BCUT2D eigenvalue weighted by molar-refractivity contribution is 5.76. The van der Waals surface area contributed by atoms with Crippen molar-refractivity contribution in [1.29, 1.82) is 0 Å². The van der Waals surface area contributed by atoms with Crippen molar-refractivity contribution in [1.82, 2.24) is 10.2 Å². The lowest BCUT2D eigenvalue weighted by Crippen LogP contribution is -2.21. The molecule has 0 aliphatic heterocycles. The van der Waals surface area contributed by atoms with E-state index in [4.69, 9.17) is 0 Å². The van der Waals surface area contributed by atoms with E-state index in [0.717, 1.165) is 17.1 Å². The van der Waals surface area contributed by atoms with Gasteiger partial charge in [-0.3, -0.25) is 4.79 Å². The molecule has 2 aromatic rings. The quantitative estimate of drug-likeness (QED) is 0.837. The minimum Gasteiger partial charge on any atom is -0.358 e. The molecule has 0 amide bonds. The van der Waals surface area contributed by atoms with Gasteiger partial charge in [0.1, 0.15) is 5.78 Å². The molecule has 0 saturated heterocycles. The van der Waals surface area contributed by atoms with Gasteiger partial charge in [0.15, 0.2) is 5.82 Å². The van der Waals surface area contributed by atoms with Crippen LogP contribution in [0.4, 0.5) is 5.82 Å². The zero-order chi connectivity index (χ0) is 14.5. The second kappa shape index (κ2) is 6.28. The third kappa shape index (κ3) is 3.41. The first-order valence-corrected chi connectivity index (χ1v) is 6.68. The lowest BCUT2D eigenvalue weighted by atomic mass is 10.1. The number of ketones is 1. The van der Waals surface area contributed by atoms with Crippen molar-refractivity contribution < 1.29 is 4.79 Å². The summed E-state index contributed by atoms with van der Waals surface area (Å²) in [5, 5.41) is 8.52. The Hall–Kier alpha value is -2.23. The fourth-order valence-corrected chi connectivity index (χ4v) is 1.97. The van der Waals surface area contributed by atoms with Gasteiger partial charge >= 0.3 is 0 Å². The molecule has 0 bridgehead atoms. The van der Waals surface area contributed by atoms with E-state index >= 15 is 0 Å². The second-order valence-corrected chi connectivity index (χ2v) is 4.97. The van der Waals surface area contributed by atoms with Crippen LogP contribution in [0, 0.1) is 6.92 Å². The van der Waals surface area contributed by atoms with Gasteiger partial charge in [0.2, 0.25) is 0 Å². The average molecular weight is 269 g/mol. The second-order valence-electron chi connectivity index (χ2n) is 4.97. The molecule has 0 fully saturated rings. The number of aryl methyl sites for hydroxylation is 1. The van der Waals surface area contributed by atoms with Crippen LogP contribution >= 0.6 is 0 Å². The number of benzene rings is 1. The van der Waals surface area contributed by atoms with Crippen molar-refractivity contribution in [3.63, 3.8) is 0 Å². The van der Waals surface area contributed by atoms with E-state index in [1.807, 2.05) is 42.3 Å². The Morgan fingerprint density at radius 2 is 1.90 bits per heavy atom. The predicted molar refractivity (Wildman–Crippen MR) is 80.8 cm³/mol. The summed E-state index contributed by atoms with van der Waals surface area (Å²) in [5.74, 6) is 0.963. The summed E-state index contributed by atoms with van der Waals surface area (Å²) in [6.45, 7) is 4.32. The topological polar surface area (TPSA) is 46.1 Å². The lowest BCUT2D eigenvalue weighted by molar-refractivity contribution is -0.116. The van der Waals surface area contributed by atoms with Crippen LogP contribution in [0.1, 0.15) is 18.9 Å². The minimum absolute atomic E-state index is 0.182. The van der Waals surface area contributed by atoms with E-state index < -0.39 is 0 Å². The van der Waals surface area contributed by atoms with Crippen LogP contribution in [0.15, 0.2) is 36.4 Å². The molecule has 2 rings (SSSR count). The van der Waals surface area contributed by atoms with Crippen LogP contribution in [-0.2, 0) is 4.79 Å². The summed E-state index contributed by atoms with van der Waals surface area (Å²) in [7, 11) is 1.92. The largest absolute Gasteiger partial charge is 0.358 e. The van der Waals surface area contributed by atoms with E-state index in [0.29, 0.717) is 13.0 Å². The van der Waals surface area contributed by atoms with Gasteiger partial charge in [-0.25, -0.2) is 0 Å². The van der Waals surface area contributed by atoms with Crippen LogP contribution < -0.4 is 4.90 Å². The van der Waals surface area contributed by atoms with Crippen molar-refractivity contribution in [3.05, 3.63) is 42.0 Å². The Morgan fingerprint density at radius 1 is 1.15 bits per heavy atom. The van der Waals surface area contributed by atoms with E-state index in [1.165, 1.54) is 5.56 Å². The Labute approximate surface area is 119 Å². The molecular weight excluding hydrogens is 250 g/mol. The smallest absolute Gasteiger partial charge is 0.151 e. The van der Waals surface area contributed by atoms with E-state index in [-0.39, 0.29) is 5.78 Å². The SMILES string of the molecule is CC(=O)CCN(C)c1ccc(-c2ccccc2C)nn1. The van der Waals surface area contributed by atoms with Crippen LogP contribution in [0.3, 0.4) is 0 Å². The fraction of sp³-hybridized carbons (Fsp3) is 0.312. The molecule has 0 saturated carbocycles. The van der Waals surface area contributed by atoms with Crippen LogP contribution in [0.2, 0.25) is 0 Å². The van der Waals surface area contributed by atoms with E-state index in [1.54, 1.807) is 6.92 Å². The van der Waals surface area contributed by atoms with Crippen molar-refractivity contribution in [2.24, 2.45) is 0 Å². The standard InChI is InChI=1S/C16H19N3O/c1-12-6-4-5-7-14(12)15-8-9-16(18-17-15)19(3)11-10-13(2)20/h4-9H,10-11H2,1-3H3. The summed E-state index contributed by atoms with van der Waals surface area (Å²) in [6, 6.07) is 12.0. The Bertz CT molecular complexity index is 593. The maximum Gasteiger partial charge on any atom is 0.151 e. The summed E-state index contributed by atoms with van der Waals surface area (Å²) in [5.41, 5.74) is 3.14. The molecule has 0 spiro atoms. The first-order valence-electron chi connectivity index (χ1n) is 6.68. The molecule has 1 aromatic heterocycles. The molecule has 1 aromatic carbocycles. The normalized spacial score (nSPS) is 10.3. The number of anilines is 1. The van der Waals surface area contributed by atoms with Crippen LogP contribution in [-0.4, -0.2) is 29.6 Å². The average Bonchev–Trinajstić information content (AvgIpc) is 2.45. The maximum absolute atomic E-state index is 11.0. The van der Waals surface area contributed by atoms with Gasteiger partial charge in [-0.1, -0.05) is 24.3 Å². The van der Waals surface area contributed by atoms with Crippen molar-refractivity contribution in [3.8, 4) is 11.3 Å². The Morgan fingerprint density at radius 3 is 2.50 bits per heavy atom. The first-order chi connectivity index (χ1) is 9.58. The number of aromatic nitrogens is 2. The van der Waals surface area contributed by atoms with Gasteiger partial charge in [0, 0.05) is 25.6 Å². The number of nitrogens with zero attached hydrogens (tertiary/aromatic N) is 3. The number of hydrogen-bond acceptors (Lipinski definition) is 4. The molecule has 104 valence electrons. The minimum atomic E-state index is 0.182. The van der Waals surface area contributed by atoms with E-state index in [9.17, 15) is 4.79 Å².